The maximum Gasteiger partial charge on any atom is 0.419 e. The first-order valence-corrected chi connectivity index (χ1v) is 5.88. The van der Waals surface area contributed by atoms with Crippen molar-refractivity contribution >= 4 is 11.6 Å². The molecule has 0 aliphatic heterocycles. The van der Waals surface area contributed by atoms with E-state index in [9.17, 15) is 22.4 Å². The first kappa shape index (κ1) is 15.0. The van der Waals surface area contributed by atoms with Gasteiger partial charge < -0.3 is 5.73 Å². The van der Waals surface area contributed by atoms with Gasteiger partial charge in [-0.2, -0.15) is 13.2 Å². The molecule has 110 valence electrons. The minimum atomic E-state index is -4.85. The van der Waals surface area contributed by atoms with Crippen LogP contribution in [-0.4, -0.2) is 10.8 Å². The highest BCUT2D eigenvalue weighted by Crippen LogP contribution is 2.32. The Morgan fingerprint density at radius 2 is 1.95 bits per heavy atom. The average Bonchev–Trinajstić information content (AvgIpc) is 2.37. The zero-order chi connectivity index (χ0) is 15.6. The number of aromatic nitrogens is 1. The van der Waals surface area contributed by atoms with E-state index in [1.807, 2.05) is 0 Å². The Morgan fingerprint density at radius 3 is 2.57 bits per heavy atom. The number of carbonyl (C=O) groups excluding carboxylic acids is 1. The Hall–Kier alpha value is -2.44. The number of benzene rings is 1. The zero-order valence-electron chi connectivity index (χ0n) is 10.6. The number of hydrogen-bond acceptors (Lipinski definition) is 3. The number of nitrogen functional groups attached to an aromatic ring is 1. The molecule has 0 bridgehead atoms. The number of Topliss-reactive ketones (excluding diaryl/α,β-unsaturated/α-hetero) is 1. The molecule has 0 atom stereocenters. The first-order valence-electron chi connectivity index (χ1n) is 5.88. The molecule has 2 rings (SSSR count). The second kappa shape index (κ2) is 5.51. The minimum absolute atomic E-state index is 0.171. The molecule has 0 spiro atoms. The van der Waals surface area contributed by atoms with Crippen molar-refractivity contribution in [2.45, 2.75) is 12.6 Å². The van der Waals surface area contributed by atoms with Gasteiger partial charge in [0.1, 0.15) is 11.6 Å². The van der Waals surface area contributed by atoms with Crippen LogP contribution in [0.25, 0.3) is 0 Å². The van der Waals surface area contributed by atoms with Crippen LogP contribution in [-0.2, 0) is 12.6 Å². The number of hydrogen-bond donors (Lipinski definition) is 1. The second-order valence-corrected chi connectivity index (χ2v) is 4.35. The standard InChI is InChI=1S/C14H10F4N2O/c15-13-9(2-1-3-10(13)14(16,17)18)11(21)6-8-4-5-20-12(19)7-8/h1-5,7H,6H2,(H2,19,20). The van der Waals surface area contributed by atoms with Gasteiger partial charge in [0.2, 0.25) is 0 Å². The summed E-state index contributed by atoms with van der Waals surface area (Å²) in [6.45, 7) is 0. The number of ketones is 1. The number of carbonyl (C=O) groups is 1. The van der Waals surface area contributed by atoms with Gasteiger partial charge in [0.05, 0.1) is 11.1 Å². The predicted octanol–water partition coefficient (Wildman–Crippen LogP) is 3.25. The number of anilines is 1. The highest BCUT2D eigenvalue weighted by atomic mass is 19.4. The van der Waals surface area contributed by atoms with Crippen molar-refractivity contribution in [3.63, 3.8) is 0 Å². The lowest BCUT2D eigenvalue weighted by molar-refractivity contribution is -0.140. The van der Waals surface area contributed by atoms with E-state index in [0.717, 1.165) is 12.1 Å². The van der Waals surface area contributed by atoms with Crippen molar-refractivity contribution < 1.29 is 22.4 Å². The third kappa shape index (κ3) is 3.36. The largest absolute Gasteiger partial charge is 0.419 e. The number of halogens is 4. The lowest BCUT2D eigenvalue weighted by atomic mass is 10.0. The van der Waals surface area contributed by atoms with Gasteiger partial charge in [-0.25, -0.2) is 9.37 Å². The topological polar surface area (TPSA) is 56.0 Å². The molecule has 3 nitrogen and oxygen atoms in total. The van der Waals surface area contributed by atoms with Crippen LogP contribution < -0.4 is 5.73 Å². The van der Waals surface area contributed by atoms with Crippen LogP contribution in [0.3, 0.4) is 0 Å². The van der Waals surface area contributed by atoms with Gasteiger partial charge in [-0.3, -0.25) is 4.79 Å². The van der Waals surface area contributed by atoms with Crippen molar-refractivity contribution in [2.75, 3.05) is 5.73 Å². The molecule has 0 saturated heterocycles. The van der Waals surface area contributed by atoms with E-state index in [0.29, 0.717) is 11.6 Å². The van der Waals surface area contributed by atoms with Crippen molar-refractivity contribution in [3.05, 3.63) is 59.0 Å². The third-order valence-corrected chi connectivity index (χ3v) is 2.81. The monoisotopic (exact) mass is 298 g/mol. The molecule has 7 heteroatoms. The molecule has 2 N–H and O–H groups in total. The molecular formula is C14H10F4N2O. The van der Waals surface area contributed by atoms with Gasteiger partial charge in [0.15, 0.2) is 5.78 Å². The number of nitrogens with two attached hydrogens (primary N) is 1. The summed E-state index contributed by atoms with van der Waals surface area (Å²) in [5, 5.41) is 0. The van der Waals surface area contributed by atoms with E-state index in [2.05, 4.69) is 4.98 Å². The lowest BCUT2D eigenvalue weighted by Gasteiger charge is -2.10. The summed E-state index contributed by atoms with van der Waals surface area (Å²) in [5.41, 5.74) is 3.83. The molecule has 1 aromatic heterocycles. The van der Waals surface area contributed by atoms with Crippen molar-refractivity contribution in [1.82, 2.24) is 4.98 Å². The maximum atomic E-state index is 13.8. The Labute approximate surface area is 117 Å². The molecule has 0 amide bonds. The van der Waals surface area contributed by atoms with Gasteiger partial charge in [-0.15, -0.1) is 0 Å². The van der Waals surface area contributed by atoms with Crippen LogP contribution in [0.4, 0.5) is 23.4 Å². The van der Waals surface area contributed by atoms with Crippen molar-refractivity contribution in [2.24, 2.45) is 0 Å². The summed E-state index contributed by atoms with van der Waals surface area (Å²) in [4.78, 5) is 15.7. The third-order valence-electron chi connectivity index (χ3n) is 2.81. The summed E-state index contributed by atoms with van der Waals surface area (Å²) in [6, 6.07) is 5.51. The van der Waals surface area contributed by atoms with Crippen molar-refractivity contribution in [3.8, 4) is 0 Å². The van der Waals surface area contributed by atoms with Gasteiger partial charge in [-0.05, 0) is 29.8 Å². The van der Waals surface area contributed by atoms with Gasteiger partial charge in [-0.1, -0.05) is 6.07 Å². The smallest absolute Gasteiger partial charge is 0.384 e. The van der Waals surface area contributed by atoms with E-state index in [-0.39, 0.29) is 12.2 Å². The van der Waals surface area contributed by atoms with Gasteiger partial charge in [0.25, 0.3) is 0 Å². The molecule has 1 aromatic carbocycles. The van der Waals surface area contributed by atoms with Crippen molar-refractivity contribution in [1.29, 1.82) is 0 Å². The van der Waals surface area contributed by atoms with E-state index in [1.54, 1.807) is 0 Å². The average molecular weight is 298 g/mol. The quantitative estimate of drug-likeness (QED) is 0.699. The first-order chi connectivity index (χ1) is 9.79. The van der Waals surface area contributed by atoms with E-state index >= 15 is 0 Å². The summed E-state index contributed by atoms with van der Waals surface area (Å²) < 4.78 is 51.6. The van der Waals surface area contributed by atoms with E-state index < -0.39 is 28.9 Å². The van der Waals surface area contributed by atoms with Crippen LogP contribution in [0.5, 0.6) is 0 Å². The zero-order valence-corrected chi connectivity index (χ0v) is 10.6. The normalized spacial score (nSPS) is 11.4. The molecule has 0 unspecified atom stereocenters. The van der Waals surface area contributed by atoms with Crippen LogP contribution in [0.1, 0.15) is 21.5 Å². The second-order valence-electron chi connectivity index (χ2n) is 4.35. The Morgan fingerprint density at radius 1 is 1.24 bits per heavy atom. The van der Waals surface area contributed by atoms with Crippen LogP contribution in [0, 0.1) is 5.82 Å². The predicted molar refractivity (Wildman–Crippen MR) is 68.1 cm³/mol. The number of pyridine rings is 1. The fraction of sp³-hybridized carbons (Fsp3) is 0.143. The summed E-state index contributed by atoms with van der Waals surface area (Å²) in [7, 11) is 0. The summed E-state index contributed by atoms with van der Waals surface area (Å²) >= 11 is 0. The Bertz CT molecular complexity index is 683. The SMILES string of the molecule is Nc1cc(CC(=O)c2cccc(C(F)(F)F)c2F)ccn1. The molecule has 0 aliphatic carbocycles. The molecule has 2 aromatic rings. The Balaban J connectivity index is 2.32. The maximum absolute atomic E-state index is 13.8. The summed E-state index contributed by atoms with van der Waals surface area (Å²) in [5.74, 6) is -2.15. The fourth-order valence-corrected chi connectivity index (χ4v) is 1.85. The summed E-state index contributed by atoms with van der Waals surface area (Å²) in [6.07, 6.45) is -3.74. The Kier molecular flexibility index (Phi) is 3.93. The number of rotatable bonds is 3. The molecule has 0 fully saturated rings. The fourth-order valence-electron chi connectivity index (χ4n) is 1.85. The molecule has 0 saturated carbocycles. The number of nitrogens with zero attached hydrogens (tertiary/aromatic N) is 1. The van der Waals surface area contributed by atoms with Gasteiger partial charge >= 0.3 is 6.18 Å². The molecule has 21 heavy (non-hydrogen) atoms. The molecule has 0 aliphatic rings. The van der Waals surface area contributed by atoms with Gasteiger partial charge in [0, 0.05) is 12.6 Å². The van der Waals surface area contributed by atoms with Crippen LogP contribution >= 0.6 is 0 Å². The molecule has 1 heterocycles. The van der Waals surface area contributed by atoms with E-state index in [1.165, 1.54) is 18.3 Å². The number of alkyl halides is 3. The van der Waals surface area contributed by atoms with E-state index in [4.69, 9.17) is 5.73 Å². The van der Waals surface area contributed by atoms with Crippen LogP contribution in [0.15, 0.2) is 36.5 Å². The molecule has 0 radical (unpaired) electrons. The highest BCUT2D eigenvalue weighted by molar-refractivity contribution is 5.98. The minimum Gasteiger partial charge on any atom is -0.384 e. The lowest BCUT2D eigenvalue weighted by Crippen LogP contribution is -2.13. The van der Waals surface area contributed by atoms with Crippen LogP contribution in [0.2, 0.25) is 0 Å². The molecular weight excluding hydrogens is 288 g/mol. The highest BCUT2D eigenvalue weighted by Gasteiger charge is 2.35.